The van der Waals surface area contributed by atoms with Gasteiger partial charge in [0, 0.05) is 25.4 Å². The van der Waals surface area contributed by atoms with Crippen molar-refractivity contribution < 1.29 is 9.59 Å². The maximum absolute atomic E-state index is 11.6. The maximum atomic E-state index is 11.6. The van der Waals surface area contributed by atoms with Crippen LogP contribution in [0.3, 0.4) is 0 Å². The number of nitrogens with zero attached hydrogens (tertiary/aromatic N) is 3. The fourth-order valence-electron chi connectivity index (χ4n) is 1.21. The molecule has 0 aliphatic carbocycles. The standard InChI is InChI=1S/C9H15N5O2S/c1-7(15)12-8(6-17)9(16)10-2-4-14-5-3-11-13-14/h3,5,8,17H,2,4,6H2,1H3,(H,10,16)(H,12,15). The van der Waals surface area contributed by atoms with Gasteiger partial charge in [-0.25, -0.2) is 0 Å². The molecule has 0 bridgehead atoms. The Morgan fingerprint density at radius 1 is 1.53 bits per heavy atom. The number of carbonyl (C=O) groups excluding carboxylic acids is 2. The zero-order chi connectivity index (χ0) is 12.7. The predicted octanol–water partition coefficient (Wildman–Crippen LogP) is -1.17. The van der Waals surface area contributed by atoms with Gasteiger partial charge in [-0.2, -0.15) is 12.6 Å². The van der Waals surface area contributed by atoms with Gasteiger partial charge in [0.25, 0.3) is 0 Å². The molecular formula is C9H15N5O2S. The molecule has 1 unspecified atom stereocenters. The zero-order valence-electron chi connectivity index (χ0n) is 9.46. The first-order valence-corrected chi connectivity index (χ1v) is 5.76. The molecule has 2 N–H and O–H groups in total. The maximum Gasteiger partial charge on any atom is 0.243 e. The molecule has 17 heavy (non-hydrogen) atoms. The Hall–Kier alpha value is -1.57. The summed E-state index contributed by atoms with van der Waals surface area (Å²) in [4.78, 5) is 22.4. The van der Waals surface area contributed by atoms with Crippen molar-refractivity contribution in [2.45, 2.75) is 19.5 Å². The van der Waals surface area contributed by atoms with Crippen LogP contribution in [0.4, 0.5) is 0 Å². The first kappa shape index (κ1) is 13.5. The topological polar surface area (TPSA) is 88.9 Å². The van der Waals surface area contributed by atoms with Crippen molar-refractivity contribution in [2.75, 3.05) is 12.3 Å². The van der Waals surface area contributed by atoms with Crippen LogP contribution in [-0.4, -0.2) is 45.1 Å². The highest BCUT2D eigenvalue weighted by Gasteiger charge is 2.16. The summed E-state index contributed by atoms with van der Waals surface area (Å²) in [5.74, 6) is -0.250. The molecule has 0 aromatic carbocycles. The Labute approximate surface area is 104 Å². The van der Waals surface area contributed by atoms with E-state index < -0.39 is 6.04 Å². The minimum atomic E-state index is -0.605. The Bertz CT molecular complexity index is 367. The SMILES string of the molecule is CC(=O)NC(CS)C(=O)NCCn1ccnn1. The Morgan fingerprint density at radius 3 is 2.82 bits per heavy atom. The average Bonchev–Trinajstić information content (AvgIpc) is 2.78. The van der Waals surface area contributed by atoms with Crippen LogP contribution in [-0.2, 0) is 16.1 Å². The van der Waals surface area contributed by atoms with E-state index in [2.05, 4.69) is 33.6 Å². The van der Waals surface area contributed by atoms with Crippen molar-refractivity contribution in [3.8, 4) is 0 Å². The molecule has 1 atom stereocenters. The summed E-state index contributed by atoms with van der Waals surface area (Å²) in [6, 6.07) is -0.605. The number of aromatic nitrogens is 3. The number of nitrogens with one attached hydrogen (secondary N) is 2. The van der Waals surface area contributed by atoms with Crippen molar-refractivity contribution in [1.29, 1.82) is 0 Å². The monoisotopic (exact) mass is 257 g/mol. The lowest BCUT2D eigenvalue weighted by molar-refractivity contribution is -0.127. The summed E-state index contributed by atoms with van der Waals surface area (Å²) in [5.41, 5.74) is 0. The molecular weight excluding hydrogens is 242 g/mol. The van der Waals surface area contributed by atoms with Gasteiger partial charge in [-0.05, 0) is 0 Å². The van der Waals surface area contributed by atoms with Crippen LogP contribution < -0.4 is 10.6 Å². The second-order valence-corrected chi connectivity index (χ2v) is 3.76. The molecule has 0 saturated heterocycles. The average molecular weight is 257 g/mol. The minimum absolute atomic E-state index is 0.254. The summed E-state index contributed by atoms with van der Waals surface area (Å²) in [5, 5.41) is 12.6. The van der Waals surface area contributed by atoms with E-state index in [1.54, 1.807) is 17.1 Å². The van der Waals surface area contributed by atoms with E-state index >= 15 is 0 Å². The summed E-state index contributed by atoms with van der Waals surface area (Å²) in [6.07, 6.45) is 3.27. The third kappa shape index (κ3) is 4.85. The van der Waals surface area contributed by atoms with Crippen LogP contribution >= 0.6 is 12.6 Å². The van der Waals surface area contributed by atoms with Gasteiger partial charge in [0.15, 0.2) is 0 Å². The molecule has 0 fully saturated rings. The van der Waals surface area contributed by atoms with Gasteiger partial charge >= 0.3 is 0 Å². The second-order valence-electron chi connectivity index (χ2n) is 3.39. The Kier molecular flexibility index (Phi) is 5.47. The lowest BCUT2D eigenvalue weighted by Crippen LogP contribution is -2.47. The first-order chi connectivity index (χ1) is 8.13. The predicted molar refractivity (Wildman–Crippen MR) is 64.5 cm³/mol. The number of hydrogen-bond donors (Lipinski definition) is 3. The quantitative estimate of drug-likeness (QED) is 0.560. The van der Waals surface area contributed by atoms with Gasteiger partial charge in [-0.3, -0.25) is 14.3 Å². The lowest BCUT2D eigenvalue weighted by atomic mass is 10.3. The molecule has 94 valence electrons. The number of hydrogen-bond acceptors (Lipinski definition) is 5. The largest absolute Gasteiger partial charge is 0.352 e. The van der Waals surface area contributed by atoms with Gasteiger partial charge < -0.3 is 10.6 Å². The summed E-state index contributed by atoms with van der Waals surface area (Å²) in [6.45, 7) is 2.32. The fourth-order valence-corrected chi connectivity index (χ4v) is 1.47. The molecule has 1 aromatic heterocycles. The first-order valence-electron chi connectivity index (χ1n) is 5.13. The van der Waals surface area contributed by atoms with E-state index in [1.165, 1.54) is 6.92 Å². The van der Waals surface area contributed by atoms with E-state index in [0.29, 0.717) is 13.1 Å². The van der Waals surface area contributed by atoms with Gasteiger partial charge in [0.1, 0.15) is 6.04 Å². The summed E-state index contributed by atoms with van der Waals surface area (Å²) < 4.78 is 1.61. The van der Waals surface area contributed by atoms with E-state index in [1.807, 2.05) is 0 Å². The third-order valence-electron chi connectivity index (χ3n) is 1.99. The van der Waals surface area contributed by atoms with E-state index in [9.17, 15) is 9.59 Å². The highest BCUT2D eigenvalue weighted by Crippen LogP contribution is 1.89. The van der Waals surface area contributed by atoms with Crippen LogP contribution in [0.5, 0.6) is 0 Å². The Balaban J connectivity index is 2.29. The second kappa shape index (κ2) is 6.89. The number of rotatable bonds is 6. The number of thiol groups is 1. The minimum Gasteiger partial charge on any atom is -0.352 e. The molecule has 1 heterocycles. The van der Waals surface area contributed by atoms with Crippen molar-refractivity contribution in [2.24, 2.45) is 0 Å². The molecule has 1 rings (SSSR count). The van der Waals surface area contributed by atoms with Crippen LogP contribution in [0.25, 0.3) is 0 Å². The van der Waals surface area contributed by atoms with Crippen LogP contribution in [0.1, 0.15) is 6.92 Å². The third-order valence-corrected chi connectivity index (χ3v) is 2.35. The van der Waals surface area contributed by atoms with Gasteiger partial charge in [-0.15, -0.1) is 5.10 Å². The summed E-state index contributed by atoms with van der Waals surface area (Å²) >= 11 is 4.01. The lowest BCUT2D eigenvalue weighted by Gasteiger charge is -2.15. The highest BCUT2D eigenvalue weighted by atomic mass is 32.1. The van der Waals surface area contributed by atoms with Crippen molar-refractivity contribution in [3.63, 3.8) is 0 Å². The summed E-state index contributed by atoms with van der Waals surface area (Å²) in [7, 11) is 0. The van der Waals surface area contributed by atoms with Crippen molar-refractivity contribution in [3.05, 3.63) is 12.4 Å². The molecule has 0 saturated carbocycles. The van der Waals surface area contributed by atoms with Crippen LogP contribution in [0, 0.1) is 0 Å². The normalized spacial score (nSPS) is 11.9. The van der Waals surface area contributed by atoms with E-state index in [0.717, 1.165) is 0 Å². The molecule has 0 radical (unpaired) electrons. The number of amides is 2. The van der Waals surface area contributed by atoms with Gasteiger partial charge in [-0.1, -0.05) is 5.21 Å². The van der Waals surface area contributed by atoms with E-state index in [-0.39, 0.29) is 17.6 Å². The highest BCUT2D eigenvalue weighted by molar-refractivity contribution is 7.80. The Morgan fingerprint density at radius 2 is 2.29 bits per heavy atom. The van der Waals surface area contributed by atoms with Crippen LogP contribution in [0.2, 0.25) is 0 Å². The fraction of sp³-hybridized carbons (Fsp3) is 0.556. The van der Waals surface area contributed by atoms with Gasteiger partial charge in [0.05, 0.1) is 12.7 Å². The van der Waals surface area contributed by atoms with Crippen molar-refractivity contribution >= 4 is 24.4 Å². The molecule has 0 aliphatic heterocycles. The molecule has 8 heteroatoms. The van der Waals surface area contributed by atoms with E-state index in [4.69, 9.17) is 0 Å². The molecule has 7 nitrogen and oxygen atoms in total. The van der Waals surface area contributed by atoms with Crippen LogP contribution in [0.15, 0.2) is 12.4 Å². The van der Waals surface area contributed by atoms with Gasteiger partial charge in [0.2, 0.25) is 11.8 Å². The molecule has 1 aromatic rings. The number of carbonyl (C=O) groups is 2. The van der Waals surface area contributed by atoms with Crippen molar-refractivity contribution in [1.82, 2.24) is 25.6 Å². The zero-order valence-corrected chi connectivity index (χ0v) is 10.4. The smallest absolute Gasteiger partial charge is 0.243 e. The molecule has 0 spiro atoms. The molecule has 0 aliphatic rings. The molecule has 2 amide bonds.